The SMILES string of the molecule is CC1CCNC1C(=O)Nc1c(Cl)cccc1C(F)(F)F. The number of hydrogen-bond acceptors (Lipinski definition) is 2. The first-order valence-electron chi connectivity index (χ1n) is 6.20. The summed E-state index contributed by atoms with van der Waals surface area (Å²) in [6, 6.07) is 2.93. The van der Waals surface area contributed by atoms with E-state index in [0.29, 0.717) is 6.54 Å². The monoisotopic (exact) mass is 306 g/mol. The predicted molar refractivity (Wildman–Crippen MR) is 70.7 cm³/mol. The molecule has 0 spiro atoms. The van der Waals surface area contributed by atoms with Crippen LogP contribution in [-0.2, 0) is 11.0 Å². The highest BCUT2D eigenvalue weighted by Crippen LogP contribution is 2.38. The highest BCUT2D eigenvalue weighted by molar-refractivity contribution is 6.34. The van der Waals surface area contributed by atoms with Crippen LogP contribution in [0.3, 0.4) is 0 Å². The summed E-state index contributed by atoms with van der Waals surface area (Å²) in [7, 11) is 0. The number of nitrogens with one attached hydrogen (secondary N) is 2. The lowest BCUT2D eigenvalue weighted by molar-refractivity contribution is -0.137. The van der Waals surface area contributed by atoms with Gasteiger partial charge in [-0.05, 0) is 31.0 Å². The summed E-state index contributed by atoms with van der Waals surface area (Å²) in [6.07, 6.45) is -3.75. The highest BCUT2D eigenvalue weighted by Gasteiger charge is 2.36. The van der Waals surface area contributed by atoms with Gasteiger partial charge in [0.25, 0.3) is 0 Å². The summed E-state index contributed by atoms with van der Waals surface area (Å²) in [6.45, 7) is 2.55. The minimum Gasteiger partial charge on any atom is -0.323 e. The van der Waals surface area contributed by atoms with Crippen LogP contribution < -0.4 is 10.6 Å². The van der Waals surface area contributed by atoms with E-state index in [1.807, 2.05) is 6.92 Å². The van der Waals surface area contributed by atoms with Gasteiger partial charge in [-0.25, -0.2) is 0 Å². The number of hydrogen-bond donors (Lipinski definition) is 2. The molecule has 1 amide bonds. The maximum Gasteiger partial charge on any atom is 0.418 e. The molecule has 2 unspecified atom stereocenters. The van der Waals surface area contributed by atoms with E-state index in [2.05, 4.69) is 10.6 Å². The Balaban J connectivity index is 2.27. The van der Waals surface area contributed by atoms with Gasteiger partial charge in [0, 0.05) is 0 Å². The fourth-order valence-electron chi connectivity index (χ4n) is 2.27. The molecule has 110 valence electrons. The van der Waals surface area contributed by atoms with E-state index < -0.39 is 23.7 Å². The lowest BCUT2D eigenvalue weighted by atomic mass is 10.0. The summed E-state index contributed by atoms with van der Waals surface area (Å²) in [5.74, 6) is -0.416. The number of benzene rings is 1. The number of anilines is 1. The maximum atomic E-state index is 12.9. The average Bonchev–Trinajstić information content (AvgIpc) is 2.76. The Bertz CT molecular complexity index is 519. The summed E-state index contributed by atoms with van der Waals surface area (Å²) < 4.78 is 38.7. The standard InChI is InChI=1S/C13H14ClF3N2O/c1-7-5-6-18-10(7)12(20)19-11-8(13(15,16)17)3-2-4-9(11)14/h2-4,7,10,18H,5-6H2,1H3,(H,19,20). The number of para-hydroxylation sites is 1. The average molecular weight is 307 g/mol. The molecule has 1 aromatic rings. The van der Waals surface area contributed by atoms with Gasteiger partial charge in [-0.2, -0.15) is 13.2 Å². The largest absolute Gasteiger partial charge is 0.418 e. The van der Waals surface area contributed by atoms with Gasteiger partial charge in [0.15, 0.2) is 0 Å². The molecule has 0 bridgehead atoms. The first-order valence-corrected chi connectivity index (χ1v) is 6.58. The van der Waals surface area contributed by atoms with Crippen molar-refractivity contribution in [3.05, 3.63) is 28.8 Å². The minimum absolute atomic E-state index is 0.0758. The molecule has 0 aromatic heterocycles. The Hall–Kier alpha value is -1.27. The van der Waals surface area contributed by atoms with Gasteiger partial charge in [-0.15, -0.1) is 0 Å². The van der Waals surface area contributed by atoms with E-state index >= 15 is 0 Å². The van der Waals surface area contributed by atoms with E-state index in [4.69, 9.17) is 11.6 Å². The predicted octanol–water partition coefficient (Wildman–Crippen LogP) is 3.30. The number of carbonyl (C=O) groups excluding carboxylic acids is 1. The third kappa shape index (κ3) is 3.07. The highest BCUT2D eigenvalue weighted by atomic mass is 35.5. The first-order chi connectivity index (χ1) is 9.30. The molecule has 0 radical (unpaired) electrons. The van der Waals surface area contributed by atoms with Gasteiger partial charge < -0.3 is 10.6 Å². The Morgan fingerprint density at radius 3 is 2.70 bits per heavy atom. The summed E-state index contributed by atoms with van der Waals surface area (Å²) >= 11 is 5.79. The maximum absolute atomic E-state index is 12.9. The number of halogens is 4. The lowest BCUT2D eigenvalue weighted by Gasteiger charge is -2.19. The van der Waals surface area contributed by atoms with Crippen LogP contribution in [-0.4, -0.2) is 18.5 Å². The molecule has 1 aliphatic heterocycles. The van der Waals surface area contributed by atoms with Crippen molar-refractivity contribution in [3.8, 4) is 0 Å². The normalized spacial score (nSPS) is 22.9. The Labute approximate surface area is 119 Å². The Morgan fingerprint density at radius 2 is 2.15 bits per heavy atom. The molecule has 1 saturated heterocycles. The van der Waals surface area contributed by atoms with Crippen molar-refractivity contribution in [3.63, 3.8) is 0 Å². The first kappa shape index (κ1) is 15.1. The lowest BCUT2D eigenvalue weighted by Crippen LogP contribution is -2.39. The molecule has 0 saturated carbocycles. The van der Waals surface area contributed by atoms with Crippen molar-refractivity contribution in [1.29, 1.82) is 0 Å². The number of rotatable bonds is 2. The van der Waals surface area contributed by atoms with Crippen molar-refractivity contribution in [2.45, 2.75) is 25.6 Å². The molecule has 1 fully saturated rings. The van der Waals surface area contributed by atoms with Crippen LogP contribution in [0.25, 0.3) is 0 Å². The van der Waals surface area contributed by atoms with Crippen LogP contribution in [0.5, 0.6) is 0 Å². The van der Waals surface area contributed by atoms with E-state index in [1.54, 1.807) is 0 Å². The number of alkyl halides is 3. The molecule has 2 rings (SSSR count). The van der Waals surface area contributed by atoms with Crippen LogP contribution in [0, 0.1) is 5.92 Å². The minimum atomic E-state index is -4.57. The topological polar surface area (TPSA) is 41.1 Å². The summed E-state index contributed by atoms with van der Waals surface area (Å²) in [5, 5.41) is 5.15. The molecule has 20 heavy (non-hydrogen) atoms. The van der Waals surface area contributed by atoms with E-state index in [-0.39, 0.29) is 16.6 Å². The second-order valence-corrected chi connectivity index (χ2v) is 5.25. The fraction of sp³-hybridized carbons (Fsp3) is 0.462. The quantitative estimate of drug-likeness (QED) is 0.880. The van der Waals surface area contributed by atoms with Crippen molar-refractivity contribution in [2.24, 2.45) is 5.92 Å². The van der Waals surface area contributed by atoms with Crippen LogP contribution >= 0.6 is 11.6 Å². The molecule has 3 nitrogen and oxygen atoms in total. The van der Waals surface area contributed by atoms with E-state index in [0.717, 1.165) is 12.5 Å². The fourth-order valence-corrected chi connectivity index (χ4v) is 2.50. The molecule has 1 aliphatic rings. The van der Waals surface area contributed by atoms with E-state index in [1.165, 1.54) is 12.1 Å². The van der Waals surface area contributed by atoms with Gasteiger partial charge >= 0.3 is 6.18 Å². The molecule has 0 aliphatic carbocycles. The molecular formula is C13H14ClF3N2O. The molecule has 1 aromatic carbocycles. The zero-order valence-corrected chi connectivity index (χ0v) is 11.5. The van der Waals surface area contributed by atoms with Gasteiger partial charge in [0.05, 0.1) is 22.3 Å². The van der Waals surface area contributed by atoms with Crippen LogP contribution in [0.15, 0.2) is 18.2 Å². The molecule has 2 atom stereocenters. The molecular weight excluding hydrogens is 293 g/mol. The second-order valence-electron chi connectivity index (χ2n) is 4.85. The van der Waals surface area contributed by atoms with Crippen molar-refractivity contribution < 1.29 is 18.0 Å². The molecule has 7 heteroatoms. The molecule has 1 heterocycles. The van der Waals surface area contributed by atoms with Crippen molar-refractivity contribution in [1.82, 2.24) is 5.32 Å². The Morgan fingerprint density at radius 1 is 1.45 bits per heavy atom. The summed E-state index contributed by atoms with van der Waals surface area (Å²) in [5.41, 5.74) is -1.32. The third-order valence-corrected chi connectivity index (χ3v) is 3.70. The van der Waals surface area contributed by atoms with Crippen LogP contribution in [0.4, 0.5) is 18.9 Å². The van der Waals surface area contributed by atoms with Gasteiger partial charge in [-0.1, -0.05) is 24.6 Å². The zero-order valence-electron chi connectivity index (χ0n) is 10.7. The van der Waals surface area contributed by atoms with Crippen LogP contribution in [0.2, 0.25) is 5.02 Å². The van der Waals surface area contributed by atoms with Gasteiger partial charge in [0.2, 0.25) is 5.91 Å². The summed E-state index contributed by atoms with van der Waals surface area (Å²) in [4.78, 5) is 12.1. The zero-order chi connectivity index (χ0) is 14.9. The smallest absolute Gasteiger partial charge is 0.323 e. The number of amides is 1. The second kappa shape index (κ2) is 5.61. The Kier molecular flexibility index (Phi) is 4.25. The van der Waals surface area contributed by atoms with Gasteiger partial charge in [0.1, 0.15) is 0 Å². The molecule has 2 N–H and O–H groups in total. The third-order valence-electron chi connectivity index (χ3n) is 3.38. The van der Waals surface area contributed by atoms with E-state index in [9.17, 15) is 18.0 Å². The van der Waals surface area contributed by atoms with Crippen molar-refractivity contribution in [2.75, 3.05) is 11.9 Å². The van der Waals surface area contributed by atoms with Gasteiger partial charge in [-0.3, -0.25) is 4.79 Å². The van der Waals surface area contributed by atoms with Crippen LogP contribution in [0.1, 0.15) is 18.9 Å². The number of carbonyl (C=O) groups is 1. The van der Waals surface area contributed by atoms with Crippen molar-refractivity contribution >= 4 is 23.2 Å².